The first kappa shape index (κ1) is 15.8. The fourth-order valence-electron chi connectivity index (χ4n) is 2.63. The van der Waals surface area contributed by atoms with Gasteiger partial charge in [0.1, 0.15) is 0 Å². The maximum Gasteiger partial charge on any atom is 0.311 e. The molecule has 1 fully saturated rings. The Labute approximate surface area is 131 Å². The highest BCUT2D eigenvalue weighted by atomic mass is 79.9. The Morgan fingerprint density at radius 1 is 1.57 bits per heavy atom. The Bertz CT molecular complexity index is 564. The molecule has 0 N–H and O–H groups in total. The number of carbonyl (C=O) groups is 1. The normalized spacial score (nSPS) is 21.4. The minimum atomic E-state index is -0.538. The fraction of sp³-hybridized carbons (Fsp3) is 0.500. The Balaban J connectivity index is 2.31. The van der Waals surface area contributed by atoms with E-state index in [1.165, 1.54) is 19.2 Å². The zero-order chi connectivity index (χ0) is 15.6. The van der Waals surface area contributed by atoms with E-state index in [4.69, 9.17) is 4.74 Å². The average molecular weight is 357 g/mol. The van der Waals surface area contributed by atoms with Gasteiger partial charge in [-0.2, -0.15) is 0 Å². The van der Waals surface area contributed by atoms with Gasteiger partial charge in [-0.3, -0.25) is 14.9 Å². The summed E-state index contributed by atoms with van der Waals surface area (Å²) in [6.45, 7) is 2.78. The molecule has 2 rings (SSSR count). The summed E-state index contributed by atoms with van der Waals surface area (Å²) in [7, 11) is 1.37. The van der Waals surface area contributed by atoms with Crippen LogP contribution in [0.25, 0.3) is 0 Å². The quantitative estimate of drug-likeness (QED) is 0.472. The van der Waals surface area contributed by atoms with E-state index < -0.39 is 4.92 Å². The van der Waals surface area contributed by atoms with Crippen molar-refractivity contribution < 1.29 is 14.5 Å². The van der Waals surface area contributed by atoms with E-state index in [1.807, 2.05) is 0 Å². The van der Waals surface area contributed by atoms with Crippen molar-refractivity contribution in [3.8, 4) is 5.75 Å². The molecule has 1 aliphatic rings. The number of rotatable bonds is 4. The molecule has 1 heterocycles. The number of benzene rings is 1. The smallest absolute Gasteiger partial charge is 0.311 e. The number of ether oxygens (including phenoxy) is 1. The summed E-state index contributed by atoms with van der Waals surface area (Å²) in [5, 5.41) is 11.7. The van der Waals surface area contributed by atoms with Gasteiger partial charge in [-0.1, -0.05) is 22.9 Å². The lowest BCUT2D eigenvalue weighted by molar-refractivity contribution is -0.385. The van der Waals surface area contributed by atoms with Crippen molar-refractivity contribution >= 4 is 27.5 Å². The molecule has 1 aliphatic heterocycles. The van der Waals surface area contributed by atoms with Gasteiger partial charge in [0.2, 0.25) is 0 Å². The molecule has 7 heteroatoms. The van der Waals surface area contributed by atoms with E-state index in [2.05, 4.69) is 22.9 Å². The highest BCUT2D eigenvalue weighted by Crippen LogP contribution is 2.31. The Morgan fingerprint density at radius 3 is 2.86 bits per heavy atom. The summed E-state index contributed by atoms with van der Waals surface area (Å²) < 4.78 is 4.95. The van der Waals surface area contributed by atoms with Crippen LogP contribution in [0.3, 0.4) is 0 Å². The number of amides is 1. The van der Waals surface area contributed by atoms with Crippen LogP contribution in [0.5, 0.6) is 5.75 Å². The first-order valence-corrected chi connectivity index (χ1v) is 7.81. The Morgan fingerprint density at radius 2 is 2.29 bits per heavy atom. The Kier molecular flexibility index (Phi) is 4.82. The summed E-state index contributed by atoms with van der Waals surface area (Å²) >= 11 is 3.44. The summed E-state index contributed by atoms with van der Waals surface area (Å²) in [4.78, 5) is 24.9. The minimum absolute atomic E-state index is 0.124. The molecule has 2 atom stereocenters. The Hall–Kier alpha value is -1.63. The van der Waals surface area contributed by atoms with Crippen molar-refractivity contribution in [3.05, 3.63) is 33.9 Å². The van der Waals surface area contributed by atoms with Crippen LogP contribution in [0.15, 0.2) is 18.2 Å². The van der Waals surface area contributed by atoms with Crippen molar-refractivity contribution in [1.82, 2.24) is 4.90 Å². The summed E-state index contributed by atoms with van der Waals surface area (Å²) in [6.07, 6.45) is 0.945. The standard InChI is InChI=1S/C14H17BrN2O4/c1-9-5-6-16(12(9)8-15)14(18)10-3-4-13(21-2)11(7-10)17(19)20/h3-4,7,9,12H,5-6,8H2,1-2H3. The van der Waals surface area contributed by atoms with Crippen molar-refractivity contribution in [2.45, 2.75) is 19.4 Å². The molecule has 6 nitrogen and oxygen atoms in total. The van der Waals surface area contributed by atoms with Gasteiger partial charge in [0.25, 0.3) is 5.91 Å². The van der Waals surface area contributed by atoms with E-state index in [0.717, 1.165) is 6.42 Å². The number of carbonyl (C=O) groups excluding carboxylic acids is 1. The molecular formula is C14H17BrN2O4. The lowest BCUT2D eigenvalue weighted by Gasteiger charge is -2.25. The number of hydrogen-bond donors (Lipinski definition) is 0. The number of alkyl halides is 1. The number of nitro benzene ring substituents is 1. The largest absolute Gasteiger partial charge is 0.490 e. The van der Waals surface area contributed by atoms with Gasteiger partial charge >= 0.3 is 5.69 Å². The predicted octanol–water partition coefficient (Wildman–Crippen LogP) is 2.85. The van der Waals surface area contributed by atoms with Crippen molar-refractivity contribution in [2.24, 2.45) is 5.92 Å². The van der Waals surface area contributed by atoms with E-state index in [-0.39, 0.29) is 23.4 Å². The van der Waals surface area contributed by atoms with E-state index >= 15 is 0 Å². The second kappa shape index (κ2) is 6.43. The summed E-state index contributed by atoms with van der Waals surface area (Å²) in [5.41, 5.74) is 0.133. The van der Waals surface area contributed by atoms with E-state index in [1.54, 1.807) is 11.0 Å². The molecule has 0 saturated carbocycles. The van der Waals surface area contributed by atoms with Crippen molar-refractivity contribution in [2.75, 3.05) is 19.0 Å². The molecule has 1 aromatic rings. The second-order valence-corrected chi connectivity index (χ2v) is 5.78. The van der Waals surface area contributed by atoms with Gasteiger partial charge in [0.15, 0.2) is 5.75 Å². The van der Waals surface area contributed by atoms with Gasteiger partial charge in [-0.05, 0) is 24.5 Å². The van der Waals surface area contributed by atoms with Crippen LogP contribution in [0.2, 0.25) is 0 Å². The highest BCUT2D eigenvalue weighted by Gasteiger charge is 2.34. The zero-order valence-corrected chi connectivity index (χ0v) is 13.5. The fourth-order valence-corrected chi connectivity index (χ4v) is 3.61. The molecule has 1 saturated heterocycles. The number of nitro groups is 1. The molecule has 21 heavy (non-hydrogen) atoms. The second-order valence-electron chi connectivity index (χ2n) is 5.13. The van der Waals surface area contributed by atoms with Gasteiger partial charge in [-0.25, -0.2) is 0 Å². The van der Waals surface area contributed by atoms with Crippen LogP contribution < -0.4 is 4.74 Å². The SMILES string of the molecule is COc1ccc(C(=O)N2CCC(C)C2CBr)cc1[N+](=O)[O-]. The first-order valence-electron chi connectivity index (χ1n) is 6.69. The van der Waals surface area contributed by atoms with E-state index in [0.29, 0.717) is 23.4 Å². The third-order valence-electron chi connectivity index (χ3n) is 3.92. The molecular weight excluding hydrogens is 340 g/mol. The van der Waals surface area contributed by atoms with Gasteiger partial charge < -0.3 is 9.64 Å². The van der Waals surface area contributed by atoms with Gasteiger partial charge in [-0.15, -0.1) is 0 Å². The predicted molar refractivity (Wildman–Crippen MR) is 82.0 cm³/mol. The minimum Gasteiger partial charge on any atom is -0.490 e. The van der Waals surface area contributed by atoms with Crippen molar-refractivity contribution in [1.29, 1.82) is 0 Å². The third-order valence-corrected chi connectivity index (χ3v) is 4.59. The summed E-state index contributed by atoms with van der Waals surface area (Å²) in [6, 6.07) is 4.45. The van der Waals surface area contributed by atoms with E-state index in [9.17, 15) is 14.9 Å². The number of methoxy groups -OCH3 is 1. The maximum absolute atomic E-state index is 12.6. The molecule has 0 spiro atoms. The number of hydrogen-bond acceptors (Lipinski definition) is 4. The third kappa shape index (κ3) is 3.02. The van der Waals surface area contributed by atoms with Crippen LogP contribution >= 0.6 is 15.9 Å². The maximum atomic E-state index is 12.6. The van der Waals surface area contributed by atoms with Crippen LogP contribution in [0, 0.1) is 16.0 Å². The molecule has 1 amide bonds. The van der Waals surface area contributed by atoms with Crippen LogP contribution in [0.4, 0.5) is 5.69 Å². The number of halogens is 1. The van der Waals surface area contributed by atoms with Crippen LogP contribution in [-0.2, 0) is 0 Å². The van der Waals surface area contributed by atoms with Crippen LogP contribution in [0.1, 0.15) is 23.7 Å². The lowest BCUT2D eigenvalue weighted by atomic mass is 10.0. The molecule has 0 radical (unpaired) electrons. The molecule has 2 unspecified atom stereocenters. The topological polar surface area (TPSA) is 72.7 Å². The number of nitrogens with zero attached hydrogens (tertiary/aromatic N) is 2. The highest BCUT2D eigenvalue weighted by molar-refractivity contribution is 9.09. The van der Waals surface area contributed by atoms with Gasteiger partial charge in [0.05, 0.1) is 12.0 Å². The van der Waals surface area contributed by atoms with Crippen LogP contribution in [-0.4, -0.2) is 40.8 Å². The first-order chi connectivity index (χ1) is 9.99. The molecule has 1 aromatic carbocycles. The number of likely N-dealkylation sites (tertiary alicyclic amines) is 1. The zero-order valence-electron chi connectivity index (χ0n) is 11.9. The molecule has 0 aliphatic carbocycles. The van der Waals surface area contributed by atoms with Gasteiger partial charge in [0, 0.05) is 29.5 Å². The summed E-state index contributed by atoms with van der Waals surface area (Å²) in [5.74, 6) is 0.402. The van der Waals surface area contributed by atoms with Crippen molar-refractivity contribution in [3.63, 3.8) is 0 Å². The lowest BCUT2D eigenvalue weighted by Crippen LogP contribution is -2.38. The molecule has 114 valence electrons. The molecule has 0 bridgehead atoms. The molecule has 0 aromatic heterocycles. The monoisotopic (exact) mass is 356 g/mol. The average Bonchev–Trinajstić information content (AvgIpc) is 2.86.